The summed E-state index contributed by atoms with van der Waals surface area (Å²) in [4.78, 5) is 51.6. The van der Waals surface area contributed by atoms with Crippen molar-refractivity contribution in [1.82, 2.24) is 15.5 Å². The first kappa shape index (κ1) is 25.7. The molecule has 3 amide bonds. The fourth-order valence-corrected chi connectivity index (χ4v) is 4.14. The molecule has 2 aromatic carbocycles. The maximum atomic E-state index is 13.4. The van der Waals surface area contributed by atoms with Crippen LogP contribution in [0.2, 0.25) is 0 Å². The lowest BCUT2D eigenvalue weighted by Gasteiger charge is -2.29. The summed E-state index contributed by atoms with van der Waals surface area (Å²) in [6.45, 7) is -0.0302. The van der Waals surface area contributed by atoms with E-state index in [4.69, 9.17) is 5.73 Å². The van der Waals surface area contributed by atoms with Gasteiger partial charge < -0.3 is 31.5 Å². The number of phenols is 1. The van der Waals surface area contributed by atoms with E-state index in [1.807, 2.05) is 30.3 Å². The zero-order valence-electron chi connectivity index (χ0n) is 19.2. The first-order valence-electron chi connectivity index (χ1n) is 11.4. The number of nitrogens with one attached hydrogen (secondary N) is 2. The van der Waals surface area contributed by atoms with Gasteiger partial charge in [-0.3, -0.25) is 14.4 Å². The van der Waals surface area contributed by atoms with Crippen LogP contribution in [0, 0.1) is 0 Å². The molecule has 2 aromatic rings. The first-order valence-corrected chi connectivity index (χ1v) is 11.4. The van der Waals surface area contributed by atoms with Gasteiger partial charge in [-0.25, -0.2) is 4.79 Å². The van der Waals surface area contributed by atoms with Crippen LogP contribution in [-0.4, -0.2) is 70.0 Å². The molecule has 1 aliphatic heterocycles. The summed E-state index contributed by atoms with van der Waals surface area (Å²) in [5.41, 5.74) is 6.89. The highest BCUT2D eigenvalue weighted by Gasteiger charge is 2.38. The van der Waals surface area contributed by atoms with Gasteiger partial charge in [-0.15, -0.1) is 0 Å². The molecule has 0 bridgehead atoms. The molecule has 0 radical (unpaired) electrons. The van der Waals surface area contributed by atoms with Gasteiger partial charge >= 0.3 is 5.97 Å². The van der Waals surface area contributed by atoms with E-state index in [1.165, 1.54) is 17.0 Å². The molecule has 1 heterocycles. The summed E-state index contributed by atoms with van der Waals surface area (Å²) in [5, 5.41) is 24.4. The number of nitrogens with two attached hydrogens (primary N) is 1. The van der Waals surface area contributed by atoms with Crippen molar-refractivity contribution in [3.63, 3.8) is 0 Å². The quantitative estimate of drug-likeness (QED) is 0.323. The molecule has 3 rings (SSSR count). The number of phenolic OH excluding ortho intramolecular Hbond substituents is 1. The second kappa shape index (κ2) is 12.0. The Bertz CT molecular complexity index is 1040. The molecule has 3 atom stereocenters. The zero-order chi connectivity index (χ0) is 25.4. The fourth-order valence-electron chi connectivity index (χ4n) is 4.14. The summed E-state index contributed by atoms with van der Waals surface area (Å²) in [6, 6.07) is 12.2. The first-order chi connectivity index (χ1) is 16.8. The highest BCUT2D eigenvalue weighted by molar-refractivity contribution is 5.94. The normalized spacial score (nSPS) is 16.8. The standard InChI is InChI=1S/C25H30N4O6/c26-15-22(31)27-19(13-16-5-2-1-3-6-16)23(32)28-20(14-17-8-10-18(30)11-9-17)24(33)29-12-4-7-21(29)25(34)35/h1-3,5-6,8-11,19-21,30H,4,7,12-15,26H2,(H,27,31)(H,28,32)(H,34,35). The van der Waals surface area contributed by atoms with E-state index in [0.717, 1.165) is 5.56 Å². The third kappa shape index (κ3) is 7.03. The zero-order valence-corrected chi connectivity index (χ0v) is 19.2. The number of carboxylic acid groups (broad SMARTS) is 1. The number of aromatic hydroxyl groups is 1. The number of hydrogen-bond donors (Lipinski definition) is 5. The maximum Gasteiger partial charge on any atom is 0.326 e. The van der Waals surface area contributed by atoms with Crippen molar-refractivity contribution in [3.05, 3.63) is 65.7 Å². The van der Waals surface area contributed by atoms with Crippen molar-refractivity contribution in [2.24, 2.45) is 5.73 Å². The molecule has 186 valence electrons. The lowest BCUT2D eigenvalue weighted by Crippen LogP contribution is -2.57. The molecule has 0 saturated carbocycles. The smallest absolute Gasteiger partial charge is 0.326 e. The minimum atomic E-state index is -1.09. The summed E-state index contributed by atoms with van der Waals surface area (Å²) >= 11 is 0. The Balaban J connectivity index is 1.84. The number of likely N-dealkylation sites (tertiary alicyclic amines) is 1. The van der Waals surface area contributed by atoms with Crippen LogP contribution in [0.4, 0.5) is 0 Å². The molecular formula is C25H30N4O6. The summed E-state index contributed by atoms with van der Waals surface area (Å²) in [5.74, 6) is -2.66. The van der Waals surface area contributed by atoms with E-state index in [2.05, 4.69) is 10.6 Å². The van der Waals surface area contributed by atoms with Crippen molar-refractivity contribution < 1.29 is 29.4 Å². The van der Waals surface area contributed by atoms with Gasteiger partial charge in [-0.2, -0.15) is 0 Å². The van der Waals surface area contributed by atoms with Gasteiger partial charge in [0.1, 0.15) is 23.9 Å². The van der Waals surface area contributed by atoms with Gasteiger partial charge in [0.15, 0.2) is 0 Å². The van der Waals surface area contributed by atoms with Gasteiger partial charge in [-0.05, 0) is 36.1 Å². The highest BCUT2D eigenvalue weighted by Crippen LogP contribution is 2.20. The number of nitrogens with zero attached hydrogens (tertiary/aromatic N) is 1. The number of rotatable bonds is 10. The van der Waals surface area contributed by atoms with Gasteiger partial charge in [0.05, 0.1) is 6.54 Å². The second-order valence-electron chi connectivity index (χ2n) is 8.47. The van der Waals surface area contributed by atoms with Crippen LogP contribution in [0.15, 0.2) is 54.6 Å². The molecule has 1 aliphatic rings. The van der Waals surface area contributed by atoms with E-state index in [1.54, 1.807) is 12.1 Å². The van der Waals surface area contributed by atoms with Crippen molar-refractivity contribution in [2.75, 3.05) is 13.1 Å². The lowest BCUT2D eigenvalue weighted by atomic mass is 10.0. The predicted octanol–water partition coefficient (Wildman–Crippen LogP) is 0.181. The number of carbonyl (C=O) groups excluding carboxylic acids is 3. The third-order valence-corrected chi connectivity index (χ3v) is 5.93. The average Bonchev–Trinajstić information content (AvgIpc) is 3.35. The number of amides is 3. The fraction of sp³-hybridized carbons (Fsp3) is 0.360. The number of carboxylic acids is 1. The molecule has 1 saturated heterocycles. The molecule has 0 aliphatic carbocycles. The van der Waals surface area contributed by atoms with Gasteiger partial charge in [0, 0.05) is 19.4 Å². The Morgan fingerprint density at radius 2 is 1.57 bits per heavy atom. The SMILES string of the molecule is NCC(=O)NC(Cc1ccccc1)C(=O)NC(Cc1ccc(O)cc1)C(=O)N1CCCC1C(=O)O. The minimum absolute atomic E-state index is 0.0542. The van der Waals surface area contributed by atoms with Crippen molar-refractivity contribution in [3.8, 4) is 5.75 Å². The predicted molar refractivity (Wildman–Crippen MR) is 127 cm³/mol. The van der Waals surface area contributed by atoms with Gasteiger partial charge in [0.2, 0.25) is 17.7 Å². The van der Waals surface area contributed by atoms with E-state index >= 15 is 0 Å². The molecule has 10 nitrogen and oxygen atoms in total. The van der Waals surface area contributed by atoms with Crippen LogP contribution in [0.1, 0.15) is 24.0 Å². The van der Waals surface area contributed by atoms with Crippen LogP contribution < -0.4 is 16.4 Å². The Labute approximate surface area is 203 Å². The van der Waals surface area contributed by atoms with Gasteiger partial charge in [-0.1, -0.05) is 42.5 Å². The molecule has 6 N–H and O–H groups in total. The van der Waals surface area contributed by atoms with E-state index in [0.29, 0.717) is 18.4 Å². The topological polar surface area (TPSA) is 162 Å². The minimum Gasteiger partial charge on any atom is -0.508 e. The molecule has 0 aromatic heterocycles. The second-order valence-corrected chi connectivity index (χ2v) is 8.47. The van der Waals surface area contributed by atoms with Crippen LogP contribution in [0.25, 0.3) is 0 Å². The van der Waals surface area contributed by atoms with Crippen LogP contribution in [0.5, 0.6) is 5.75 Å². The largest absolute Gasteiger partial charge is 0.508 e. The van der Waals surface area contributed by atoms with E-state index in [-0.39, 0.29) is 31.7 Å². The number of aliphatic carboxylic acids is 1. The molecule has 0 spiro atoms. The van der Waals surface area contributed by atoms with Crippen molar-refractivity contribution in [2.45, 2.75) is 43.8 Å². The highest BCUT2D eigenvalue weighted by atomic mass is 16.4. The monoisotopic (exact) mass is 482 g/mol. The summed E-state index contributed by atoms with van der Waals surface area (Å²) < 4.78 is 0. The molecule has 3 unspecified atom stereocenters. The molecule has 10 heteroatoms. The lowest BCUT2D eigenvalue weighted by molar-refractivity contribution is -0.149. The number of carbonyl (C=O) groups is 4. The van der Waals surface area contributed by atoms with E-state index in [9.17, 15) is 29.4 Å². The third-order valence-electron chi connectivity index (χ3n) is 5.93. The van der Waals surface area contributed by atoms with Crippen LogP contribution >= 0.6 is 0 Å². The summed E-state index contributed by atoms with van der Waals surface area (Å²) in [6.07, 6.45) is 1.15. The molecular weight excluding hydrogens is 452 g/mol. The Hall–Kier alpha value is -3.92. The summed E-state index contributed by atoms with van der Waals surface area (Å²) in [7, 11) is 0. The van der Waals surface area contributed by atoms with Crippen LogP contribution in [0.3, 0.4) is 0 Å². The maximum absolute atomic E-state index is 13.4. The Morgan fingerprint density at radius 1 is 0.943 bits per heavy atom. The van der Waals surface area contributed by atoms with E-state index < -0.39 is 41.8 Å². The average molecular weight is 483 g/mol. The molecule has 1 fully saturated rings. The van der Waals surface area contributed by atoms with Gasteiger partial charge in [0.25, 0.3) is 0 Å². The molecule has 35 heavy (non-hydrogen) atoms. The van der Waals surface area contributed by atoms with Crippen molar-refractivity contribution in [1.29, 1.82) is 0 Å². The number of benzene rings is 2. The van der Waals surface area contributed by atoms with Crippen molar-refractivity contribution >= 4 is 23.7 Å². The van der Waals surface area contributed by atoms with Crippen LogP contribution in [-0.2, 0) is 32.0 Å². The number of hydrogen-bond acceptors (Lipinski definition) is 6. The Morgan fingerprint density at radius 3 is 2.20 bits per heavy atom. The Kier molecular flexibility index (Phi) is 8.80.